The Labute approximate surface area is 127 Å². The number of amides is 1. The number of carbonyl (C=O) groups is 1. The molecule has 1 aromatic heterocycles. The largest absolute Gasteiger partial charge is 0.487 e. The number of aromatic nitrogens is 2. The van der Waals surface area contributed by atoms with Crippen molar-refractivity contribution in [1.82, 2.24) is 15.1 Å². The van der Waals surface area contributed by atoms with Gasteiger partial charge in [0.2, 0.25) is 0 Å². The van der Waals surface area contributed by atoms with Gasteiger partial charge in [-0.25, -0.2) is 4.39 Å². The number of hydrogen-bond donors (Lipinski definition) is 0. The van der Waals surface area contributed by atoms with Gasteiger partial charge in [-0.2, -0.15) is 5.10 Å². The van der Waals surface area contributed by atoms with E-state index in [1.54, 1.807) is 35.2 Å². The standard InChI is InChI=1S/C16H16FN3O2/c17-13-4-1-2-6-15(13)22-12-7-10-20(11-8-12)16(21)14-5-3-9-18-19-14/h1-6,9,12H,7-8,10-11H2. The molecule has 0 unspecified atom stereocenters. The van der Waals surface area contributed by atoms with Crippen LogP contribution in [0.15, 0.2) is 42.6 Å². The Kier molecular flexibility index (Phi) is 4.27. The van der Waals surface area contributed by atoms with Gasteiger partial charge in [0.05, 0.1) is 0 Å². The predicted molar refractivity (Wildman–Crippen MR) is 78.0 cm³/mol. The van der Waals surface area contributed by atoms with Gasteiger partial charge in [0.1, 0.15) is 6.10 Å². The maximum atomic E-state index is 13.6. The number of para-hydroxylation sites is 1. The molecule has 22 heavy (non-hydrogen) atoms. The summed E-state index contributed by atoms with van der Waals surface area (Å²) >= 11 is 0. The van der Waals surface area contributed by atoms with Crippen molar-refractivity contribution in [2.45, 2.75) is 18.9 Å². The lowest BCUT2D eigenvalue weighted by atomic mass is 10.1. The van der Waals surface area contributed by atoms with Crippen molar-refractivity contribution in [3.8, 4) is 5.75 Å². The molecule has 0 N–H and O–H groups in total. The van der Waals surface area contributed by atoms with Crippen LogP contribution in [0.1, 0.15) is 23.3 Å². The summed E-state index contributed by atoms with van der Waals surface area (Å²) < 4.78 is 19.2. The third-order valence-corrected chi connectivity index (χ3v) is 3.65. The number of likely N-dealkylation sites (tertiary alicyclic amines) is 1. The fourth-order valence-electron chi connectivity index (χ4n) is 2.47. The average molecular weight is 301 g/mol. The Morgan fingerprint density at radius 3 is 2.64 bits per heavy atom. The molecule has 1 saturated heterocycles. The smallest absolute Gasteiger partial charge is 0.274 e. The van der Waals surface area contributed by atoms with E-state index in [9.17, 15) is 9.18 Å². The van der Waals surface area contributed by atoms with E-state index in [4.69, 9.17) is 4.74 Å². The van der Waals surface area contributed by atoms with Crippen molar-refractivity contribution in [2.24, 2.45) is 0 Å². The molecule has 5 nitrogen and oxygen atoms in total. The summed E-state index contributed by atoms with van der Waals surface area (Å²) in [6, 6.07) is 9.70. The first-order valence-corrected chi connectivity index (χ1v) is 7.22. The highest BCUT2D eigenvalue weighted by atomic mass is 19.1. The zero-order valence-corrected chi connectivity index (χ0v) is 12.0. The van der Waals surface area contributed by atoms with Gasteiger partial charge in [0.25, 0.3) is 5.91 Å². The third-order valence-electron chi connectivity index (χ3n) is 3.65. The molecule has 2 aromatic rings. The van der Waals surface area contributed by atoms with Gasteiger partial charge in [-0.1, -0.05) is 12.1 Å². The molecule has 0 atom stereocenters. The van der Waals surface area contributed by atoms with Gasteiger partial charge in [0.15, 0.2) is 17.3 Å². The van der Waals surface area contributed by atoms with Crippen LogP contribution in [0.2, 0.25) is 0 Å². The minimum Gasteiger partial charge on any atom is -0.487 e. The van der Waals surface area contributed by atoms with E-state index >= 15 is 0 Å². The third kappa shape index (κ3) is 3.21. The van der Waals surface area contributed by atoms with Crippen LogP contribution < -0.4 is 4.74 Å². The van der Waals surface area contributed by atoms with Crippen molar-refractivity contribution in [3.05, 3.63) is 54.1 Å². The van der Waals surface area contributed by atoms with Gasteiger partial charge in [-0.15, -0.1) is 5.10 Å². The quantitative estimate of drug-likeness (QED) is 0.873. The summed E-state index contributed by atoms with van der Waals surface area (Å²) in [5, 5.41) is 7.55. The van der Waals surface area contributed by atoms with Gasteiger partial charge in [-0.05, 0) is 24.3 Å². The van der Waals surface area contributed by atoms with Gasteiger partial charge in [0, 0.05) is 32.1 Å². The zero-order valence-electron chi connectivity index (χ0n) is 12.0. The van der Waals surface area contributed by atoms with Crippen LogP contribution in [0.5, 0.6) is 5.75 Å². The summed E-state index contributed by atoms with van der Waals surface area (Å²) in [7, 11) is 0. The fourth-order valence-corrected chi connectivity index (χ4v) is 2.47. The summed E-state index contributed by atoms with van der Waals surface area (Å²) in [5.74, 6) is -0.223. The molecule has 1 amide bonds. The molecule has 3 rings (SSSR count). The van der Waals surface area contributed by atoms with Crippen LogP contribution >= 0.6 is 0 Å². The maximum absolute atomic E-state index is 13.6. The predicted octanol–water partition coefficient (Wildman–Crippen LogP) is 2.30. The minimum atomic E-state index is -0.361. The van der Waals surface area contributed by atoms with Crippen LogP contribution in [-0.4, -0.2) is 40.2 Å². The Morgan fingerprint density at radius 2 is 1.95 bits per heavy atom. The normalized spacial score (nSPS) is 15.6. The minimum absolute atomic E-state index is 0.0807. The van der Waals surface area contributed by atoms with Gasteiger partial charge in [-0.3, -0.25) is 4.79 Å². The zero-order chi connectivity index (χ0) is 15.4. The van der Waals surface area contributed by atoms with Crippen molar-refractivity contribution in [2.75, 3.05) is 13.1 Å². The van der Waals surface area contributed by atoms with E-state index in [1.807, 2.05) is 0 Å². The Bertz CT molecular complexity index is 643. The molecule has 0 spiro atoms. The molecule has 0 bridgehead atoms. The highest BCUT2D eigenvalue weighted by molar-refractivity contribution is 5.92. The molecule has 0 radical (unpaired) electrons. The molecule has 2 heterocycles. The van der Waals surface area contributed by atoms with Crippen molar-refractivity contribution >= 4 is 5.91 Å². The first-order chi connectivity index (χ1) is 10.7. The molecule has 114 valence electrons. The highest BCUT2D eigenvalue weighted by Crippen LogP contribution is 2.22. The topological polar surface area (TPSA) is 55.3 Å². The second-order valence-corrected chi connectivity index (χ2v) is 5.15. The average Bonchev–Trinajstić information content (AvgIpc) is 2.58. The van der Waals surface area contributed by atoms with Crippen LogP contribution in [0.3, 0.4) is 0 Å². The number of piperidine rings is 1. The van der Waals surface area contributed by atoms with Crippen molar-refractivity contribution < 1.29 is 13.9 Å². The lowest BCUT2D eigenvalue weighted by Crippen LogP contribution is -2.42. The summed E-state index contributed by atoms with van der Waals surface area (Å²) in [6.07, 6.45) is 2.79. The first kappa shape index (κ1) is 14.4. The van der Waals surface area contributed by atoms with Crippen LogP contribution in [0, 0.1) is 5.82 Å². The molecular formula is C16H16FN3O2. The van der Waals surface area contributed by atoms with E-state index in [0.717, 1.165) is 0 Å². The molecule has 0 saturated carbocycles. The number of rotatable bonds is 3. The molecule has 1 aliphatic heterocycles. The molecule has 6 heteroatoms. The summed E-state index contributed by atoms with van der Waals surface area (Å²) in [4.78, 5) is 14.0. The van der Waals surface area contributed by atoms with Crippen molar-refractivity contribution in [1.29, 1.82) is 0 Å². The number of benzene rings is 1. The van der Waals surface area contributed by atoms with E-state index in [0.29, 0.717) is 31.6 Å². The van der Waals surface area contributed by atoms with E-state index in [2.05, 4.69) is 10.2 Å². The lowest BCUT2D eigenvalue weighted by Gasteiger charge is -2.31. The number of nitrogens with zero attached hydrogens (tertiary/aromatic N) is 3. The Balaban J connectivity index is 1.57. The number of hydrogen-bond acceptors (Lipinski definition) is 4. The van der Waals surface area contributed by atoms with Crippen LogP contribution in [0.25, 0.3) is 0 Å². The highest BCUT2D eigenvalue weighted by Gasteiger charge is 2.25. The Hall–Kier alpha value is -2.50. The van der Waals surface area contributed by atoms with E-state index < -0.39 is 0 Å². The van der Waals surface area contributed by atoms with Crippen LogP contribution in [-0.2, 0) is 0 Å². The number of halogens is 1. The second-order valence-electron chi connectivity index (χ2n) is 5.15. The molecule has 1 aliphatic rings. The van der Waals surface area contributed by atoms with Crippen molar-refractivity contribution in [3.63, 3.8) is 0 Å². The SMILES string of the molecule is O=C(c1cccnn1)N1CCC(Oc2ccccc2F)CC1. The first-order valence-electron chi connectivity index (χ1n) is 7.22. The molecule has 1 fully saturated rings. The number of carbonyl (C=O) groups excluding carboxylic acids is 1. The number of ether oxygens (including phenoxy) is 1. The van der Waals surface area contributed by atoms with Gasteiger partial charge >= 0.3 is 0 Å². The fraction of sp³-hybridized carbons (Fsp3) is 0.312. The molecule has 1 aromatic carbocycles. The van der Waals surface area contributed by atoms with Gasteiger partial charge < -0.3 is 9.64 Å². The molecule has 0 aliphatic carbocycles. The molecular weight excluding hydrogens is 285 g/mol. The van der Waals surface area contributed by atoms with E-state index in [-0.39, 0.29) is 23.6 Å². The summed E-state index contributed by atoms with van der Waals surface area (Å²) in [6.45, 7) is 1.13. The maximum Gasteiger partial charge on any atom is 0.274 e. The monoisotopic (exact) mass is 301 g/mol. The lowest BCUT2D eigenvalue weighted by molar-refractivity contribution is 0.0582. The summed E-state index contributed by atoms with van der Waals surface area (Å²) in [5.41, 5.74) is 0.343. The Morgan fingerprint density at radius 1 is 1.18 bits per heavy atom. The van der Waals surface area contributed by atoms with Crippen LogP contribution in [0.4, 0.5) is 4.39 Å². The second kappa shape index (κ2) is 6.51. The van der Waals surface area contributed by atoms with E-state index in [1.165, 1.54) is 12.3 Å².